The molecule has 13 heavy (non-hydrogen) atoms. The topological polar surface area (TPSA) is 38.1 Å². The van der Waals surface area contributed by atoms with Gasteiger partial charge in [0.2, 0.25) is 0 Å². The average Bonchev–Trinajstić information content (AvgIpc) is 2.45. The van der Waals surface area contributed by atoms with E-state index in [0.29, 0.717) is 18.7 Å². The summed E-state index contributed by atoms with van der Waals surface area (Å²) in [5.74, 6) is 0.353. The van der Waals surface area contributed by atoms with Crippen LogP contribution in [-0.4, -0.2) is 11.7 Å². The van der Waals surface area contributed by atoms with Gasteiger partial charge in [0.15, 0.2) is 5.69 Å². The smallest absolute Gasteiger partial charge is 0.360 e. The minimum absolute atomic E-state index is 0.152. The molecule has 6 heteroatoms. The molecule has 1 aliphatic rings. The quantitative estimate of drug-likeness (QED) is 0.674. The summed E-state index contributed by atoms with van der Waals surface area (Å²) in [5.41, 5.74) is -0.742. The zero-order valence-corrected chi connectivity index (χ0v) is 6.61. The van der Waals surface area contributed by atoms with Crippen LogP contribution in [0.25, 0.3) is 0 Å². The number of fused-ring (bicyclic) bond motifs is 1. The number of halogens is 3. The second-order valence-electron chi connectivity index (χ2n) is 2.86. The molecule has 0 saturated heterocycles. The molecule has 1 N–H and O–H groups in total. The van der Waals surface area contributed by atoms with Crippen molar-refractivity contribution in [3.8, 4) is 0 Å². The van der Waals surface area contributed by atoms with Crippen LogP contribution in [0.3, 0.4) is 0 Å². The molecular formula is C7H7F3N2O. The lowest BCUT2D eigenvalue weighted by molar-refractivity contribution is -0.143. The van der Waals surface area contributed by atoms with Crippen LogP contribution in [0.2, 0.25) is 0 Å². The lowest BCUT2D eigenvalue weighted by Gasteiger charge is -2.11. The lowest BCUT2D eigenvalue weighted by atomic mass is 10.1. The summed E-state index contributed by atoms with van der Waals surface area (Å²) in [4.78, 5) is 0. The van der Waals surface area contributed by atoms with Gasteiger partial charge in [0.05, 0.1) is 0 Å². The van der Waals surface area contributed by atoms with Crippen LogP contribution >= 0.6 is 0 Å². The van der Waals surface area contributed by atoms with Crippen LogP contribution in [0, 0.1) is 0 Å². The van der Waals surface area contributed by atoms with Crippen LogP contribution < -0.4 is 5.32 Å². The third-order valence-corrected chi connectivity index (χ3v) is 1.97. The monoisotopic (exact) mass is 192 g/mol. The number of hydrogen-bond acceptors (Lipinski definition) is 3. The predicted octanol–water partition coefficient (Wildman–Crippen LogP) is 1.34. The Labute approximate surface area is 71.9 Å². The summed E-state index contributed by atoms with van der Waals surface area (Å²) in [5, 5.41) is 5.87. The fourth-order valence-electron chi connectivity index (χ4n) is 1.36. The third kappa shape index (κ3) is 1.41. The lowest BCUT2D eigenvalue weighted by Crippen LogP contribution is -2.24. The summed E-state index contributed by atoms with van der Waals surface area (Å²) >= 11 is 0. The van der Waals surface area contributed by atoms with E-state index in [2.05, 4.69) is 15.0 Å². The molecule has 1 aromatic heterocycles. The third-order valence-electron chi connectivity index (χ3n) is 1.97. The Bertz CT molecular complexity index is 318. The van der Waals surface area contributed by atoms with Crippen LogP contribution in [-0.2, 0) is 19.1 Å². The van der Waals surface area contributed by atoms with Gasteiger partial charge in [-0.1, -0.05) is 5.16 Å². The maximum Gasteiger partial charge on any atom is 0.437 e. The van der Waals surface area contributed by atoms with E-state index in [4.69, 9.17) is 0 Å². The number of nitrogens with one attached hydrogen (secondary N) is 1. The second-order valence-corrected chi connectivity index (χ2v) is 2.86. The normalized spacial score (nSPS) is 17.2. The van der Waals surface area contributed by atoms with Gasteiger partial charge in [-0.25, -0.2) is 0 Å². The van der Waals surface area contributed by atoms with Crippen LogP contribution in [0.1, 0.15) is 17.0 Å². The summed E-state index contributed by atoms with van der Waals surface area (Å²) in [6.07, 6.45) is -3.94. The van der Waals surface area contributed by atoms with E-state index < -0.39 is 11.9 Å². The van der Waals surface area contributed by atoms with Gasteiger partial charge < -0.3 is 9.84 Å². The van der Waals surface area contributed by atoms with E-state index in [1.807, 2.05) is 0 Å². The maximum atomic E-state index is 12.3. The molecule has 0 radical (unpaired) electrons. The molecule has 0 spiro atoms. The van der Waals surface area contributed by atoms with Gasteiger partial charge in [-0.15, -0.1) is 0 Å². The second kappa shape index (κ2) is 2.73. The summed E-state index contributed by atoms with van der Waals surface area (Å²) in [6, 6.07) is 0. The first-order valence-corrected chi connectivity index (χ1v) is 3.84. The zero-order valence-electron chi connectivity index (χ0n) is 6.61. The Morgan fingerprint density at radius 2 is 2.15 bits per heavy atom. The van der Waals surface area contributed by atoms with E-state index in [-0.39, 0.29) is 12.1 Å². The Morgan fingerprint density at radius 3 is 2.85 bits per heavy atom. The Kier molecular flexibility index (Phi) is 1.80. The molecule has 2 heterocycles. The molecule has 2 rings (SSSR count). The standard InChI is InChI=1S/C7H7F3N2O/c8-7(9,10)6-4-3-11-2-1-5(4)13-12-6/h11H,1-3H2. The van der Waals surface area contributed by atoms with Crippen molar-refractivity contribution in [3.05, 3.63) is 17.0 Å². The fraction of sp³-hybridized carbons (Fsp3) is 0.571. The van der Waals surface area contributed by atoms with Gasteiger partial charge in [-0.3, -0.25) is 0 Å². The predicted molar refractivity (Wildman–Crippen MR) is 36.9 cm³/mol. The summed E-state index contributed by atoms with van der Waals surface area (Å²) in [6.45, 7) is 0.827. The van der Waals surface area contributed by atoms with Crippen molar-refractivity contribution in [2.45, 2.75) is 19.1 Å². The molecule has 3 nitrogen and oxygen atoms in total. The van der Waals surface area contributed by atoms with Crippen molar-refractivity contribution in [1.82, 2.24) is 10.5 Å². The van der Waals surface area contributed by atoms with Crippen molar-refractivity contribution >= 4 is 0 Å². The highest BCUT2D eigenvalue weighted by Crippen LogP contribution is 2.33. The van der Waals surface area contributed by atoms with Gasteiger partial charge in [-0.05, 0) is 0 Å². The number of alkyl halides is 3. The number of hydrogen-bond donors (Lipinski definition) is 1. The van der Waals surface area contributed by atoms with E-state index in [0.717, 1.165) is 0 Å². The summed E-state index contributed by atoms with van der Waals surface area (Å²) < 4.78 is 41.4. The van der Waals surface area contributed by atoms with Crippen molar-refractivity contribution in [3.63, 3.8) is 0 Å². The van der Waals surface area contributed by atoms with Gasteiger partial charge in [0, 0.05) is 25.1 Å². The van der Waals surface area contributed by atoms with Crippen molar-refractivity contribution in [2.24, 2.45) is 0 Å². The van der Waals surface area contributed by atoms with Crippen molar-refractivity contribution < 1.29 is 17.7 Å². The first kappa shape index (κ1) is 8.55. The van der Waals surface area contributed by atoms with Crippen molar-refractivity contribution in [2.75, 3.05) is 6.54 Å². The minimum Gasteiger partial charge on any atom is -0.360 e. The number of aromatic nitrogens is 1. The molecule has 0 unspecified atom stereocenters. The molecule has 0 aliphatic carbocycles. The first-order valence-electron chi connectivity index (χ1n) is 3.84. The van der Waals surface area contributed by atoms with E-state index in [9.17, 15) is 13.2 Å². The highest BCUT2D eigenvalue weighted by molar-refractivity contribution is 5.27. The Hall–Kier alpha value is -1.04. The van der Waals surface area contributed by atoms with Crippen LogP contribution in [0.4, 0.5) is 13.2 Å². The Morgan fingerprint density at radius 1 is 1.38 bits per heavy atom. The molecule has 0 atom stereocenters. The van der Waals surface area contributed by atoms with Crippen molar-refractivity contribution in [1.29, 1.82) is 0 Å². The summed E-state index contributed by atoms with van der Waals surface area (Å²) in [7, 11) is 0. The maximum absolute atomic E-state index is 12.3. The van der Waals surface area contributed by atoms with Gasteiger partial charge in [-0.2, -0.15) is 13.2 Å². The van der Waals surface area contributed by atoms with Gasteiger partial charge in [0.25, 0.3) is 0 Å². The van der Waals surface area contributed by atoms with Crippen LogP contribution in [0.15, 0.2) is 4.52 Å². The molecular weight excluding hydrogens is 185 g/mol. The molecule has 1 aliphatic heterocycles. The number of nitrogens with zero attached hydrogens (tertiary/aromatic N) is 1. The SMILES string of the molecule is FC(F)(F)c1noc2c1CNCC2. The highest BCUT2D eigenvalue weighted by Gasteiger charge is 2.39. The van der Waals surface area contributed by atoms with Crippen LogP contribution in [0.5, 0.6) is 0 Å². The van der Waals surface area contributed by atoms with E-state index in [1.165, 1.54) is 0 Å². The highest BCUT2D eigenvalue weighted by atomic mass is 19.4. The number of rotatable bonds is 0. The average molecular weight is 192 g/mol. The molecule has 72 valence electrons. The minimum atomic E-state index is -4.41. The Balaban J connectivity index is 2.43. The molecule has 1 aromatic rings. The van der Waals surface area contributed by atoms with E-state index in [1.54, 1.807) is 0 Å². The zero-order chi connectivity index (χ0) is 9.47. The van der Waals surface area contributed by atoms with E-state index >= 15 is 0 Å². The molecule has 0 bridgehead atoms. The van der Waals surface area contributed by atoms with Gasteiger partial charge in [0.1, 0.15) is 5.76 Å². The largest absolute Gasteiger partial charge is 0.437 e. The molecule has 0 fully saturated rings. The fourth-order valence-corrected chi connectivity index (χ4v) is 1.36. The molecule has 0 aromatic carbocycles. The first-order chi connectivity index (χ1) is 6.09. The molecule has 0 saturated carbocycles. The molecule has 0 amide bonds. The van der Waals surface area contributed by atoms with Gasteiger partial charge >= 0.3 is 6.18 Å².